The first kappa shape index (κ1) is 16.9. The smallest absolute Gasteiger partial charge is 0.123 e. The van der Waals surface area contributed by atoms with E-state index in [1.807, 2.05) is 18.2 Å². The molecule has 1 aromatic rings. The molecule has 0 aromatic heterocycles. The van der Waals surface area contributed by atoms with E-state index >= 15 is 0 Å². The molecule has 0 saturated carbocycles. The van der Waals surface area contributed by atoms with Gasteiger partial charge in [-0.1, -0.05) is 23.8 Å². The van der Waals surface area contributed by atoms with E-state index in [0.29, 0.717) is 4.99 Å². The number of ether oxygens (including phenoxy) is 1. The molecule has 1 heterocycles. The first-order valence-corrected chi connectivity index (χ1v) is 8.91. The van der Waals surface area contributed by atoms with Gasteiger partial charge in [0.2, 0.25) is 0 Å². The second kappa shape index (κ2) is 7.18. The quantitative estimate of drug-likeness (QED) is 0.829. The Hall–Kier alpha value is -0.490. The Bertz CT molecular complexity index is 516. The highest BCUT2D eigenvalue weighted by atomic mass is 35.5. The Labute approximate surface area is 141 Å². The van der Waals surface area contributed by atoms with Crippen molar-refractivity contribution in [3.05, 3.63) is 28.8 Å². The highest BCUT2D eigenvalue weighted by Crippen LogP contribution is 2.36. The van der Waals surface area contributed by atoms with Gasteiger partial charge in [0.05, 0.1) is 16.8 Å². The molecule has 0 spiro atoms. The van der Waals surface area contributed by atoms with Crippen molar-refractivity contribution < 1.29 is 4.74 Å². The van der Waals surface area contributed by atoms with Crippen LogP contribution in [-0.2, 0) is 6.54 Å². The molecule has 1 fully saturated rings. The maximum absolute atomic E-state index is 6.09. The Kier molecular flexibility index (Phi) is 5.77. The zero-order valence-corrected chi connectivity index (χ0v) is 14.8. The molecular weight excluding hydrogens is 324 g/mol. The summed E-state index contributed by atoms with van der Waals surface area (Å²) in [5, 5.41) is 0.740. The minimum atomic E-state index is -0.0374. The Balaban J connectivity index is 2.04. The highest BCUT2D eigenvalue weighted by molar-refractivity contribution is 8.02. The van der Waals surface area contributed by atoms with E-state index in [1.165, 1.54) is 0 Å². The van der Waals surface area contributed by atoms with Gasteiger partial charge in [0.15, 0.2) is 0 Å². The number of thioether (sulfide) groups is 1. The molecule has 2 N–H and O–H groups in total. The number of likely N-dealkylation sites (tertiary alicyclic amines) is 1. The third kappa shape index (κ3) is 3.83. The molecule has 0 unspecified atom stereocenters. The minimum Gasteiger partial charge on any atom is -0.496 e. The molecular formula is C15H21ClN2OS2. The van der Waals surface area contributed by atoms with Gasteiger partial charge in [-0.05, 0) is 37.3 Å². The lowest BCUT2D eigenvalue weighted by Crippen LogP contribution is -2.48. The zero-order chi connectivity index (χ0) is 15.5. The first-order chi connectivity index (χ1) is 10.0. The number of methoxy groups -OCH3 is 1. The van der Waals surface area contributed by atoms with Crippen LogP contribution >= 0.6 is 35.6 Å². The molecule has 21 heavy (non-hydrogen) atoms. The lowest BCUT2D eigenvalue weighted by Gasteiger charge is -2.40. The summed E-state index contributed by atoms with van der Waals surface area (Å²) in [4.78, 5) is 3.04. The molecule has 0 bridgehead atoms. The van der Waals surface area contributed by atoms with Gasteiger partial charge in [0.25, 0.3) is 0 Å². The molecule has 0 atom stereocenters. The summed E-state index contributed by atoms with van der Waals surface area (Å²) in [5.41, 5.74) is 7.05. The molecule has 1 saturated heterocycles. The number of nitrogens with two attached hydrogens (primary N) is 1. The van der Waals surface area contributed by atoms with Crippen molar-refractivity contribution in [2.24, 2.45) is 5.73 Å². The van der Waals surface area contributed by atoms with Crippen molar-refractivity contribution in [1.29, 1.82) is 0 Å². The molecule has 0 amide bonds. The normalized spacial score (nSPS) is 18.4. The molecule has 116 valence electrons. The Morgan fingerprint density at radius 1 is 1.48 bits per heavy atom. The van der Waals surface area contributed by atoms with Crippen LogP contribution in [-0.4, -0.2) is 41.1 Å². The first-order valence-electron chi connectivity index (χ1n) is 6.90. The van der Waals surface area contributed by atoms with Crippen molar-refractivity contribution in [3.8, 4) is 5.75 Å². The number of hydrogen-bond donors (Lipinski definition) is 1. The number of thiocarbonyl (C=S) groups is 1. The number of halogens is 1. The summed E-state index contributed by atoms with van der Waals surface area (Å²) in [6.45, 7) is 2.80. The van der Waals surface area contributed by atoms with Gasteiger partial charge < -0.3 is 10.5 Å². The fourth-order valence-corrected chi connectivity index (χ4v) is 4.18. The van der Waals surface area contributed by atoms with E-state index in [1.54, 1.807) is 18.9 Å². The van der Waals surface area contributed by atoms with Gasteiger partial charge in [-0.3, -0.25) is 4.90 Å². The number of hydrogen-bond acceptors (Lipinski definition) is 4. The van der Waals surface area contributed by atoms with Crippen molar-refractivity contribution in [1.82, 2.24) is 4.90 Å². The molecule has 0 aliphatic carbocycles. The maximum Gasteiger partial charge on any atom is 0.123 e. The zero-order valence-electron chi connectivity index (χ0n) is 12.4. The number of rotatable bonds is 5. The maximum atomic E-state index is 6.09. The van der Waals surface area contributed by atoms with E-state index in [-0.39, 0.29) is 4.75 Å². The lowest BCUT2D eigenvalue weighted by atomic mass is 9.95. The van der Waals surface area contributed by atoms with Gasteiger partial charge >= 0.3 is 0 Å². The Morgan fingerprint density at radius 2 is 2.14 bits per heavy atom. The standard InChI is InChI=1S/C15H21ClN2OS2/c1-19-13-4-3-12(16)9-11(13)10-18-7-5-15(21-2,6-8-18)14(17)20/h3-4,9H,5-8,10H2,1-2H3,(H2,17,20). The third-order valence-corrected chi connectivity index (χ3v) is 6.30. The Morgan fingerprint density at radius 3 is 2.67 bits per heavy atom. The van der Waals surface area contributed by atoms with Crippen LogP contribution in [0, 0.1) is 0 Å². The van der Waals surface area contributed by atoms with Crippen LogP contribution < -0.4 is 10.5 Å². The summed E-state index contributed by atoms with van der Waals surface area (Å²) in [5.74, 6) is 0.885. The number of nitrogens with zero attached hydrogens (tertiary/aromatic N) is 1. The van der Waals surface area contributed by atoms with Crippen molar-refractivity contribution in [2.45, 2.75) is 24.1 Å². The summed E-state index contributed by atoms with van der Waals surface area (Å²) in [6, 6.07) is 5.75. The second-order valence-corrected chi connectivity index (χ2v) is 7.36. The molecule has 0 radical (unpaired) electrons. The van der Waals surface area contributed by atoms with Crippen molar-refractivity contribution >= 4 is 40.6 Å². The van der Waals surface area contributed by atoms with Gasteiger partial charge in [-0.25, -0.2) is 0 Å². The van der Waals surface area contributed by atoms with E-state index in [0.717, 1.165) is 48.8 Å². The molecule has 1 aromatic carbocycles. The fraction of sp³-hybridized carbons (Fsp3) is 0.533. The third-order valence-electron chi connectivity index (χ3n) is 4.14. The van der Waals surface area contributed by atoms with Crippen LogP contribution in [0.5, 0.6) is 5.75 Å². The van der Waals surface area contributed by atoms with E-state index in [9.17, 15) is 0 Å². The summed E-state index contributed by atoms with van der Waals surface area (Å²) < 4.78 is 5.37. The predicted molar refractivity (Wildman–Crippen MR) is 95.5 cm³/mol. The summed E-state index contributed by atoms with van der Waals surface area (Å²) >= 11 is 13.1. The molecule has 6 heteroatoms. The SMILES string of the molecule is COc1ccc(Cl)cc1CN1CCC(SC)(C(N)=S)CC1. The number of piperidine rings is 1. The predicted octanol–water partition coefficient (Wildman–Crippen LogP) is 3.33. The second-order valence-electron chi connectivity index (χ2n) is 5.29. The molecule has 2 rings (SSSR count). The van der Waals surface area contributed by atoms with Gasteiger partial charge in [0.1, 0.15) is 5.75 Å². The van der Waals surface area contributed by atoms with Crippen LogP contribution in [0.2, 0.25) is 5.02 Å². The summed E-state index contributed by atoms with van der Waals surface area (Å²) in [6.07, 6.45) is 4.08. The average Bonchev–Trinajstić information content (AvgIpc) is 2.48. The van der Waals surface area contributed by atoms with Crippen LogP contribution in [0.3, 0.4) is 0 Å². The molecule has 3 nitrogen and oxygen atoms in total. The van der Waals surface area contributed by atoms with Crippen LogP contribution in [0.4, 0.5) is 0 Å². The molecule has 1 aliphatic heterocycles. The molecule has 1 aliphatic rings. The van der Waals surface area contributed by atoms with Gasteiger partial charge in [-0.15, -0.1) is 0 Å². The number of benzene rings is 1. The van der Waals surface area contributed by atoms with Gasteiger partial charge in [-0.2, -0.15) is 11.8 Å². The van der Waals surface area contributed by atoms with Gasteiger partial charge in [0, 0.05) is 30.2 Å². The lowest BCUT2D eigenvalue weighted by molar-refractivity contribution is 0.210. The summed E-state index contributed by atoms with van der Waals surface area (Å²) in [7, 11) is 1.69. The monoisotopic (exact) mass is 344 g/mol. The van der Waals surface area contributed by atoms with E-state index in [4.69, 9.17) is 34.3 Å². The minimum absolute atomic E-state index is 0.0374. The van der Waals surface area contributed by atoms with Crippen LogP contribution in [0.25, 0.3) is 0 Å². The van der Waals surface area contributed by atoms with E-state index < -0.39 is 0 Å². The van der Waals surface area contributed by atoms with Crippen LogP contribution in [0.15, 0.2) is 18.2 Å². The van der Waals surface area contributed by atoms with E-state index in [2.05, 4.69) is 11.2 Å². The average molecular weight is 345 g/mol. The highest BCUT2D eigenvalue weighted by Gasteiger charge is 2.36. The van der Waals surface area contributed by atoms with Crippen molar-refractivity contribution in [3.63, 3.8) is 0 Å². The van der Waals surface area contributed by atoms with Crippen molar-refractivity contribution in [2.75, 3.05) is 26.5 Å². The topological polar surface area (TPSA) is 38.5 Å². The van der Waals surface area contributed by atoms with Crippen LogP contribution in [0.1, 0.15) is 18.4 Å². The largest absolute Gasteiger partial charge is 0.496 e. The fourth-order valence-electron chi connectivity index (χ4n) is 2.74.